The molecule has 0 aromatic rings. The molecule has 0 saturated heterocycles. The van der Waals surface area contributed by atoms with Gasteiger partial charge in [0, 0.05) is 12.3 Å². The molecule has 0 radical (unpaired) electrons. The Kier molecular flexibility index (Phi) is 2.37. The maximum atomic E-state index is 11.7. The van der Waals surface area contributed by atoms with Gasteiger partial charge in [0.2, 0.25) is 0 Å². The lowest BCUT2D eigenvalue weighted by Crippen LogP contribution is -2.12. The molecule has 0 unspecified atom stereocenters. The highest BCUT2D eigenvalue weighted by Crippen LogP contribution is 2.51. The van der Waals surface area contributed by atoms with Gasteiger partial charge in [-0.05, 0) is 24.7 Å². The smallest absolute Gasteiger partial charge is 0.171 e. The van der Waals surface area contributed by atoms with Crippen molar-refractivity contribution < 1.29 is 13.2 Å². The summed E-state index contributed by atoms with van der Waals surface area (Å²) in [6, 6.07) is 0. The van der Waals surface area contributed by atoms with E-state index in [2.05, 4.69) is 0 Å². The Bertz CT molecular complexity index is 137. The Balaban J connectivity index is 2.22. The van der Waals surface area contributed by atoms with Crippen molar-refractivity contribution in [3.63, 3.8) is 0 Å². The predicted molar refractivity (Wildman–Crippen MR) is 37.7 cm³/mol. The molecule has 0 atom stereocenters. The van der Waals surface area contributed by atoms with Crippen LogP contribution in [0.1, 0.15) is 25.7 Å². The van der Waals surface area contributed by atoms with Crippen molar-refractivity contribution in [3.8, 4) is 0 Å². The third-order valence-electron chi connectivity index (χ3n) is 2.18. The van der Waals surface area contributed by atoms with Gasteiger partial charge >= 0.3 is 6.18 Å². The maximum absolute atomic E-state index is 11.7. The zero-order valence-electron chi connectivity index (χ0n) is 6.05. The number of alkyl halides is 4. The predicted octanol–water partition coefficient (Wildman–Crippen LogP) is 3.35. The molecule has 1 aliphatic rings. The van der Waals surface area contributed by atoms with Crippen LogP contribution < -0.4 is 0 Å². The van der Waals surface area contributed by atoms with E-state index >= 15 is 0 Å². The van der Waals surface area contributed by atoms with Gasteiger partial charge < -0.3 is 0 Å². The summed E-state index contributed by atoms with van der Waals surface area (Å²) in [5.41, 5.74) is -0.156. The molecule has 0 amide bonds. The first-order chi connectivity index (χ1) is 4.97. The lowest BCUT2D eigenvalue weighted by Gasteiger charge is -2.12. The van der Waals surface area contributed by atoms with Crippen molar-refractivity contribution in [2.24, 2.45) is 5.41 Å². The van der Waals surface area contributed by atoms with Crippen LogP contribution in [0, 0.1) is 5.41 Å². The van der Waals surface area contributed by atoms with E-state index in [1.165, 1.54) is 0 Å². The summed E-state index contributed by atoms with van der Waals surface area (Å²) in [7, 11) is 0. The van der Waals surface area contributed by atoms with E-state index < -0.39 is 12.6 Å². The van der Waals surface area contributed by atoms with Crippen LogP contribution in [0.2, 0.25) is 0 Å². The first-order valence-corrected chi connectivity index (χ1v) is 4.14. The molecule has 0 bridgehead atoms. The van der Waals surface area contributed by atoms with Gasteiger partial charge in [-0.1, -0.05) is 0 Å². The van der Waals surface area contributed by atoms with Crippen LogP contribution in [-0.4, -0.2) is 12.1 Å². The molecule has 1 rings (SSSR count). The molecule has 0 heterocycles. The van der Waals surface area contributed by atoms with Crippen LogP contribution in [0.3, 0.4) is 0 Å². The summed E-state index contributed by atoms with van der Waals surface area (Å²) in [5.74, 6) is 0.378. The fraction of sp³-hybridized carbons (Fsp3) is 1.00. The topological polar surface area (TPSA) is 0 Å². The highest BCUT2D eigenvalue weighted by atomic mass is 35.5. The molecule has 11 heavy (non-hydrogen) atoms. The van der Waals surface area contributed by atoms with Crippen molar-refractivity contribution in [2.45, 2.75) is 31.9 Å². The Hall–Kier alpha value is 0.0800. The van der Waals surface area contributed by atoms with Crippen LogP contribution >= 0.6 is 11.6 Å². The van der Waals surface area contributed by atoms with Crippen molar-refractivity contribution in [1.82, 2.24) is 0 Å². The second kappa shape index (κ2) is 2.85. The van der Waals surface area contributed by atoms with Crippen molar-refractivity contribution in [1.29, 1.82) is 0 Å². The van der Waals surface area contributed by atoms with Gasteiger partial charge in [-0.15, -0.1) is 11.6 Å². The lowest BCUT2D eigenvalue weighted by molar-refractivity contribution is -0.137. The minimum Gasteiger partial charge on any atom is -0.171 e. The van der Waals surface area contributed by atoms with Gasteiger partial charge in [-0.25, -0.2) is 0 Å². The SMILES string of the molecule is FC(F)(F)CCC1(CCl)CC1. The molecule has 1 saturated carbocycles. The second-order valence-electron chi connectivity index (χ2n) is 3.25. The van der Waals surface area contributed by atoms with Crippen LogP contribution in [0.15, 0.2) is 0 Å². The fourth-order valence-corrected chi connectivity index (χ4v) is 1.44. The van der Waals surface area contributed by atoms with Crippen molar-refractivity contribution in [2.75, 3.05) is 5.88 Å². The molecule has 0 nitrogen and oxygen atoms in total. The summed E-state index contributed by atoms with van der Waals surface area (Å²) in [6.07, 6.45) is -2.75. The lowest BCUT2D eigenvalue weighted by atomic mass is 10.0. The van der Waals surface area contributed by atoms with E-state index in [1.807, 2.05) is 0 Å². The fourth-order valence-electron chi connectivity index (χ4n) is 1.03. The van der Waals surface area contributed by atoms with Crippen LogP contribution in [0.25, 0.3) is 0 Å². The first kappa shape index (κ1) is 9.17. The largest absolute Gasteiger partial charge is 0.389 e. The van der Waals surface area contributed by atoms with Gasteiger partial charge in [0.05, 0.1) is 0 Å². The average molecular weight is 187 g/mol. The number of rotatable bonds is 3. The highest BCUT2D eigenvalue weighted by molar-refractivity contribution is 6.18. The third kappa shape index (κ3) is 2.89. The zero-order valence-corrected chi connectivity index (χ0v) is 6.80. The minimum atomic E-state index is -4.01. The standard InChI is InChI=1S/C7H10ClF3/c8-5-6(1-2-6)3-4-7(9,10)11/h1-5H2. The van der Waals surface area contributed by atoms with E-state index in [4.69, 9.17) is 11.6 Å². The molecule has 0 aliphatic heterocycles. The van der Waals surface area contributed by atoms with E-state index in [0.717, 1.165) is 12.8 Å². The highest BCUT2D eigenvalue weighted by Gasteiger charge is 2.44. The van der Waals surface area contributed by atoms with Crippen molar-refractivity contribution >= 4 is 11.6 Å². The Morgan fingerprint density at radius 3 is 2.09 bits per heavy atom. The van der Waals surface area contributed by atoms with Gasteiger partial charge in [-0.2, -0.15) is 13.2 Å². The summed E-state index contributed by atoms with van der Waals surface area (Å²) in [5, 5.41) is 0. The molecular formula is C7H10ClF3. The monoisotopic (exact) mass is 186 g/mol. The van der Waals surface area contributed by atoms with Crippen molar-refractivity contribution in [3.05, 3.63) is 0 Å². The first-order valence-electron chi connectivity index (χ1n) is 3.60. The molecule has 1 fully saturated rings. The Morgan fingerprint density at radius 1 is 1.27 bits per heavy atom. The molecule has 0 spiro atoms. The molecule has 0 N–H and O–H groups in total. The number of hydrogen-bond acceptors (Lipinski definition) is 0. The van der Waals surface area contributed by atoms with E-state index in [0.29, 0.717) is 5.88 Å². The summed E-state index contributed by atoms with van der Waals surface area (Å²) < 4.78 is 35.1. The van der Waals surface area contributed by atoms with Gasteiger partial charge in [0.25, 0.3) is 0 Å². The molecule has 66 valence electrons. The molecular weight excluding hydrogens is 177 g/mol. The average Bonchev–Trinajstić information content (AvgIpc) is 2.63. The van der Waals surface area contributed by atoms with Gasteiger partial charge in [-0.3, -0.25) is 0 Å². The van der Waals surface area contributed by atoms with E-state index in [-0.39, 0.29) is 11.8 Å². The molecule has 0 aromatic carbocycles. The summed E-state index contributed by atoms with van der Waals surface area (Å²) >= 11 is 5.52. The third-order valence-corrected chi connectivity index (χ3v) is 2.75. The normalized spacial score (nSPS) is 21.8. The molecule has 4 heteroatoms. The Morgan fingerprint density at radius 2 is 1.82 bits per heavy atom. The number of halogens is 4. The minimum absolute atomic E-state index is 0.156. The number of hydrogen-bond donors (Lipinski definition) is 0. The summed E-state index contributed by atoms with van der Waals surface area (Å²) in [4.78, 5) is 0. The van der Waals surface area contributed by atoms with Crippen LogP contribution in [0.4, 0.5) is 13.2 Å². The quantitative estimate of drug-likeness (QED) is 0.593. The van der Waals surface area contributed by atoms with Gasteiger partial charge in [0.1, 0.15) is 0 Å². The molecule has 0 aromatic heterocycles. The van der Waals surface area contributed by atoms with Gasteiger partial charge in [0.15, 0.2) is 0 Å². The summed E-state index contributed by atoms with van der Waals surface area (Å²) in [6.45, 7) is 0. The zero-order chi connectivity index (χ0) is 8.54. The molecule has 1 aliphatic carbocycles. The maximum Gasteiger partial charge on any atom is 0.389 e. The second-order valence-corrected chi connectivity index (χ2v) is 3.52. The van der Waals surface area contributed by atoms with Crippen LogP contribution in [0.5, 0.6) is 0 Å². The van der Waals surface area contributed by atoms with E-state index in [1.54, 1.807) is 0 Å². The van der Waals surface area contributed by atoms with Crippen LogP contribution in [-0.2, 0) is 0 Å². The van der Waals surface area contributed by atoms with E-state index in [9.17, 15) is 13.2 Å². The Labute approximate surface area is 68.7 Å².